The van der Waals surface area contributed by atoms with Crippen molar-refractivity contribution in [3.05, 3.63) is 57.3 Å². The van der Waals surface area contributed by atoms with Crippen LogP contribution in [0, 0.1) is 12.7 Å². The van der Waals surface area contributed by atoms with E-state index in [4.69, 9.17) is 11.6 Å². The summed E-state index contributed by atoms with van der Waals surface area (Å²) in [6.07, 6.45) is 0. The average molecular weight is 463 g/mol. The highest BCUT2D eigenvalue weighted by Crippen LogP contribution is 2.31. The highest BCUT2D eigenvalue weighted by atomic mass is 79.9. The van der Waals surface area contributed by atoms with E-state index in [0.717, 1.165) is 16.0 Å². The molecule has 3 rings (SSSR count). The van der Waals surface area contributed by atoms with Gasteiger partial charge in [0.25, 0.3) is 10.0 Å². The Morgan fingerprint density at radius 2 is 2.04 bits per heavy atom. The van der Waals surface area contributed by atoms with Crippen molar-refractivity contribution in [1.29, 1.82) is 0 Å². The van der Waals surface area contributed by atoms with E-state index in [9.17, 15) is 12.8 Å². The number of aromatic nitrogens is 2. The second-order valence-electron chi connectivity index (χ2n) is 5.04. The number of nitrogens with one attached hydrogen (secondary N) is 1. The van der Waals surface area contributed by atoms with Gasteiger partial charge in [0.2, 0.25) is 5.13 Å². The molecule has 0 spiro atoms. The van der Waals surface area contributed by atoms with Crippen molar-refractivity contribution in [2.75, 3.05) is 4.72 Å². The van der Waals surface area contributed by atoms with Crippen LogP contribution in [0.25, 0.3) is 11.4 Å². The van der Waals surface area contributed by atoms with Crippen LogP contribution < -0.4 is 4.72 Å². The predicted molar refractivity (Wildman–Crippen MR) is 100 cm³/mol. The minimum Gasteiger partial charge on any atom is -0.253 e. The lowest BCUT2D eigenvalue weighted by Gasteiger charge is -2.08. The Labute approximate surface area is 161 Å². The minimum atomic E-state index is -3.84. The highest BCUT2D eigenvalue weighted by molar-refractivity contribution is 9.10. The van der Waals surface area contributed by atoms with Gasteiger partial charge in [-0.15, -0.1) is 0 Å². The van der Waals surface area contributed by atoms with E-state index in [2.05, 4.69) is 30.0 Å². The maximum absolute atomic E-state index is 13.9. The molecule has 5 nitrogen and oxygen atoms in total. The van der Waals surface area contributed by atoms with Crippen LogP contribution in [0.15, 0.2) is 45.8 Å². The SMILES string of the molecule is Cc1cc(Br)ccc1S(=O)(=O)Nc1nc(-c2c(F)cccc2Cl)ns1. The van der Waals surface area contributed by atoms with Gasteiger partial charge in [0.05, 0.1) is 15.5 Å². The largest absolute Gasteiger partial charge is 0.263 e. The zero-order valence-corrected chi connectivity index (χ0v) is 16.6. The number of benzene rings is 2. The number of rotatable bonds is 4. The molecule has 0 aliphatic rings. The van der Waals surface area contributed by atoms with Crippen LogP contribution in [-0.4, -0.2) is 17.8 Å². The first-order valence-electron chi connectivity index (χ1n) is 6.85. The first-order valence-corrected chi connectivity index (χ1v) is 10.3. The Hall–Kier alpha value is -1.55. The lowest BCUT2D eigenvalue weighted by atomic mass is 10.2. The van der Waals surface area contributed by atoms with Gasteiger partial charge in [-0.05, 0) is 42.8 Å². The van der Waals surface area contributed by atoms with Crippen molar-refractivity contribution < 1.29 is 12.8 Å². The van der Waals surface area contributed by atoms with Crippen LogP contribution in [0.4, 0.5) is 9.52 Å². The van der Waals surface area contributed by atoms with E-state index in [1.807, 2.05) is 0 Å². The van der Waals surface area contributed by atoms with Gasteiger partial charge >= 0.3 is 0 Å². The van der Waals surface area contributed by atoms with Crippen LogP contribution in [0.2, 0.25) is 5.02 Å². The Morgan fingerprint density at radius 1 is 1.28 bits per heavy atom. The summed E-state index contributed by atoms with van der Waals surface area (Å²) in [6.45, 7) is 1.68. The molecule has 0 aliphatic heterocycles. The maximum atomic E-state index is 13.9. The number of anilines is 1. The number of sulfonamides is 1. The summed E-state index contributed by atoms with van der Waals surface area (Å²) in [6, 6.07) is 9.02. The van der Waals surface area contributed by atoms with Gasteiger partial charge in [0, 0.05) is 16.0 Å². The molecule has 0 fully saturated rings. The molecule has 1 N–H and O–H groups in total. The van der Waals surface area contributed by atoms with E-state index in [-0.39, 0.29) is 26.4 Å². The molecule has 130 valence electrons. The van der Waals surface area contributed by atoms with Crippen molar-refractivity contribution in [2.24, 2.45) is 0 Å². The van der Waals surface area contributed by atoms with Gasteiger partial charge in [0.15, 0.2) is 5.82 Å². The third-order valence-electron chi connectivity index (χ3n) is 3.26. The second-order valence-corrected chi connectivity index (χ2v) is 8.76. The summed E-state index contributed by atoms with van der Waals surface area (Å²) >= 11 is 10.1. The standard InChI is InChI=1S/C15H10BrClFN3O2S2/c1-8-7-9(16)5-6-12(8)25(22,23)21-15-19-14(20-24-15)13-10(17)3-2-4-11(13)18/h2-7H,1H3,(H,19,20,21). The zero-order valence-electron chi connectivity index (χ0n) is 12.6. The molecule has 0 saturated heterocycles. The first-order chi connectivity index (χ1) is 11.8. The van der Waals surface area contributed by atoms with Gasteiger partial charge < -0.3 is 0 Å². The molecule has 0 saturated carbocycles. The Morgan fingerprint density at radius 3 is 2.72 bits per heavy atom. The fourth-order valence-electron chi connectivity index (χ4n) is 2.16. The number of hydrogen-bond acceptors (Lipinski definition) is 5. The van der Waals surface area contributed by atoms with Gasteiger partial charge in [-0.3, -0.25) is 4.72 Å². The molecule has 0 radical (unpaired) electrons. The molecular formula is C15H10BrClFN3O2S2. The number of nitrogens with zero attached hydrogens (tertiary/aromatic N) is 2. The molecule has 3 aromatic rings. The topological polar surface area (TPSA) is 72.0 Å². The lowest BCUT2D eigenvalue weighted by molar-refractivity contribution is 0.600. The summed E-state index contributed by atoms with van der Waals surface area (Å²) in [5, 5.41) is 0.174. The number of hydrogen-bond donors (Lipinski definition) is 1. The molecule has 1 heterocycles. The van der Waals surface area contributed by atoms with Crippen LogP contribution in [0.5, 0.6) is 0 Å². The van der Waals surface area contributed by atoms with Crippen molar-refractivity contribution in [1.82, 2.24) is 9.36 Å². The molecule has 25 heavy (non-hydrogen) atoms. The molecular weight excluding hydrogens is 453 g/mol. The monoisotopic (exact) mass is 461 g/mol. The molecule has 0 atom stereocenters. The second kappa shape index (κ2) is 6.99. The fourth-order valence-corrected chi connectivity index (χ4v) is 4.91. The zero-order chi connectivity index (χ0) is 18.2. The van der Waals surface area contributed by atoms with Crippen LogP contribution >= 0.6 is 39.1 Å². The molecule has 2 aromatic carbocycles. The quantitative estimate of drug-likeness (QED) is 0.600. The lowest BCUT2D eigenvalue weighted by Crippen LogP contribution is -2.14. The van der Waals surface area contributed by atoms with Gasteiger partial charge in [0.1, 0.15) is 5.82 Å². The molecule has 0 aliphatic carbocycles. The molecule has 0 amide bonds. The van der Waals surface area contributed by atoms with Crippen LogP contribution in [0.3, 0.4) is 0 Å². The fraction of sp³-hybridized carbons (Fsp3) is 0.0667. The van der Waals surface area contributed by atoms with E-state index in [1.54, 1.807) is 19.1 Å². The summed E-state index contributed by atoms with van der Waals surface area (Å²) in [4.78, 5) is 4.17. The minimum absolute atomic E-state index is 0.0247. The molecule has 0 bridgehead atoms. The summed E-state index contributed by atoms with van der Waals surface area (Å²) < 4.78 is 46.1. The number of halogens is 3. The van der Waals surface area contributed by atoms with E-state index in [1.165, 1.54) is 24.3 Å². The Kier molecular flexibility index (Phi) is 5.10. The average Bonchev–Trinajstić information content (AvgIpc) is 2.94. The van der Waals surface area contributed by atoms with Crippen molar-refractivity contribution in [2.45, 2.75) is 11.8 Å². The molecule has 10 heteroatoms. The van der Waals surface area contributed by atoms with E-state index < -0.39 is 15.8 Å². The smallest absolute Gasteiger partial charge is 0.253 e. The number of aryl methyl sites for hydroxylation is 1. The third-order valence-corrected chi connectivity index (χ3v) is 6.33. The van der Waals surface area contributed by atoms with Gasteiger partial charge in [-0.25, -0.2) is 12.8 Å². The van der Waals surface area contributed by atoms with Gasteiger partial charge in [-0.1, -0.05) is 33.6 Å². The van der Waals surface area contributed by atoms with Crippen molar-refractivity contribution in [3.8, 4) is 11.4 Å². The van der Waals surface area contributed by atoms with E-state index >= 15 is 0 Å². The molecule has 0 unspecified atom stereocenters. The highest BCUT2D eigenvalue weighted by Gasteiger charge is 2.21. The maximum Gasteiger partial charge on any atom is 0.263 e. The Balaban J connectivity index is 1.93. The van der Waals surface area contributed by atoms with Crippen molar-refractivity contribution >= 4 is 54.2 Å². The Bertz CT molecular complexity index is 1040. The summed E-state index contributed by atoms with van der Waals surface area (Å²) in [7, 11) is -3.84. The van der Waals surface area contributed by atoms with E-state index in [0.29, 0.717) is 5.56 Å². The van der Waals surface area contributed by atoms with Crippen molar-refractivity contribution in [3.63, 3.8) is 0 Å². The van der Waals surface area contributed by atoms with Crippen LogP contribution in [0.1, 0.15) is 5.56 Å². The molecule has 1 aromatic heterocycles. The van der Waals surface area contributed by atoms with Crippen LogP contribution in [-0.2, 0) is 10.0 Å². The third kappa shape index (κ3) is 3.84. The summed E-state index contributed by atoms with van der Waals surface area (Å²) in [5.74, 6) is -0.554. The summed E-state index contributed by atoms with van der Waals surface area (Å²) in [5.41, 5.74) is 0.606. The normalized spacial score (nSPS) is 11.5. The predicted octanol–water partition coefficient (Wildman–Crippen LogP) is 4.87. The van der Waals surface area contributed by atoms with Gasteiger partial charge in [-0.2, -0.15) is 9.36 Å². The first kappa shape index (κ1) is 18.2.